The van der Waals surface area contributed by atoms with Gasteiger partial charge < -0.3 is 29.7 Å². The summed E-state index contributed by atoms with van der Waals surface area (Å²) in [5, 5.41) is 7.79. The second-order valence-corrected chi connectivity index (χ2v) is 10.5. The SMILES string of the molecule is C=CC(=O)Nc1cc(N2CCOCC2)ccc1Nc1cc2c(cn1)cc(-c1c(Cl)c(OC)cc(OC)c1Cl)c1nccn12. The minimum Gasteiger partial charge on any atom is -0.495 e. The zero-order valence-electron chi connectivity index (χ0n) is 23.5. The number of hydrogen-bond donors (Lipinski definition) is 2. The minimum atomic E-state index is -0.312. The summed E-state index contributed by atoms with van der Waals surface area (Å²) < 4.78 is 18.4. The number of nitrogens with zero attached hydrogens (tertiary/aromatic N) is 4. The largest absolute Gasteiger partial charge is 0.495 e. The number of benzene rings is 2. The number of morpholine rings is 1. The van der Waals surface area contributed by atoms with Crippen molar-refractivity contribution in [2.75, 3.05) is 56.1 Å². The summed E-state index contributed by atoms with van der Waals surface area (Å²) in [6, 6.07) is 11.4. The molecule has 10 nitrogen and oxygen atoms in total. The molecule has 12 heteroatoms. The maximum absolute atomic E-state index is 12.3. The molecule has 1 aliphatic heterocycles. The van der Waals surface area contributed by atoms with Crippen LogP contribution in [-0.4, -0.2) is 60.8 Å². The summed E-state index contributed by atoms with van der Waals surface area (Å²) in [7, 11) is 3.07. The summed E-state index contributed by atoms with van der Waals surface area (Å²) >= 11 is 13.5. The highest BCUT2D eigenvalue weighted by molar-refractivity contribution is 6.41. The Morgan fingerprint density at radius 3 is 2.47 bits per heavy atom. The third-order valence-electron chi connectivity index (χ3n) is 7.28. The third kappa shape index (κ3) is 5.40. The Kier molecular flexibility index (Phi) is 7.98. The lowest BCUT2D eigenvalue weighted by Gasteiger charge is -2.29. The number of anilines is 4. The van der Waals surface area contributed by atoms with Crippen LogP contribution in [0.4, 0.5) is 22.9 Å². The maximum Gasteiger partial charge on any atom is 0.247 e. The number of ether oxygens (including phenoxy) is 3. The standard InChI is InChI=1S/C31H28Cl2N6O4/c1-4-27(40)37-22-14-19(38-9-11-43-12-10-38)5-6-21(22)36-26-15-23-18(17-35-26)13-20(31-34-7-8-39(23)31)28-29(32)24(41-2)16-25(42-3)30(28)33/h4-8,13-17H,1,9-12H2,2-3H3,(H,35,36)(H,37,40). The van der Waals surface area contributed by atoms with Gasteiger partial charge in [0.1, 0.15) is 23.0 Å². The monoisotopic (exact) mass is 618 g/mol. The Balaban J connectivity index is 1.42. The molecule has 1 fully saturated rings. The fourth-order valence-corrected chi connectivity index (χ4v) is 5.86. The highest BCUT2D eigenvalue weighted by Gasteiger charge is 2.22. The van der Waals surface area contributed by atoms with Crippen LogP contribution < -0.4 is 25.0 Å². The molecule has 1 amide bonds. The van der Waals surface area contributed by atoms with Crippen LogP contribution in [-0.2, 0) is 9.53 Å². The van der Waals surface area contributed by atoms with E-state index in [4.69, 9.17) is 37.4 Å². The quantitative estimate of drug-likeness (QED) is 0.188. The van der Waals surface area contributed by atoms with Gasteiger partial charge in [0.15, 0.2) is 0 Å². The molecule has 3 aromatic heterocycles. The zero-order valence-corrected chi connectivity index (χ0v) is 25.0. The van der Waals surface area contributed by atoms with Crippen LogP contribution in [0, 0.1) is 0 Å². The van der Waals surface area contributed by atoms with Gasteiger partial charge in [-0.1, -0.05) is 29.8 Å². The van der Waals surface area contributed by atoms with E-state index >= 15 is 0 Å². The Hall–Kier alpha value is -4.51. The summed E-state index contributed by atoms with van der Waals surface area (Å²) in [5.74, 6) is 1.12. The number of amides is 1. The molecular weight excluding hydrogens is 591 g/mol. The average Bonchev–Trinajstić information content (AvgIpc) is 3.53. The first-order valence-electron chi connectivity index (χ1n) is 13.4. The zero-order chi connectivity index (χ0) is 30.1. The van der Waals surface area contributed by atoms with E-state index in [0.29, 0.717) is 68.7 Å². The molecule has 0 unspecified atom stereocenters. The summed E-state index contributed by atoms with van der Waals surface area (Å²) in [6.07, 6.45) is 6.56. The lowest BCUT2D eigenvalue weighted by Crippen LogP contribution is -2.36. The van der Waals surface area contributed by atoms with E-state index < -0.39 is 0 Å². The number of methoxy groups -OCH3 is 2. The van der Waals surface area contributed by atoms with E-state index in [9.17, 15) is 4.79 Å². The van der Waals surface area contributed by atoms with Gasteiger partial charge in [-0.25, -0.2) is 9.97 Å². The first-order valence-corrected chi connectivity index (χ1v) is 14.2. The lowest BCUT2D eigenvalue weighted by molar-refractivity contribution is -0.111. The molecular formula is C31H28Cl2N6O4. The summed E-state index contributed by atoms with van der Waals surface area (Å²) in [4.78, 5) is 23.8. The number of carbonyl (C=O) groups is 1. The molecule has 220 valence electrons. The number of nitrogens with one attached hydrogen (secondary N) is 2. The highest BCUT2D eigenvalue weighted by atomic mass is 35.5. The second-order valence-electron chi connectivity index (χ2n) is 9.74. The summed E-state index contributed by atoms with van der Waals surface area (Å²) in [6.45, 7) is 6.45. The Bertz CT molecular complexity index is 1840. The number of halogens is 2. The molecule has 5 aromatic rings. The number of rotatable bonds is 8. The number of fused-ring (bicyclic) bond motifs is 3. The molecule has 0 bridgehead atoms. The Labute approximate surface area is 257 Å². The van der Waals surface area contributed by atoms with Gasteiger partial charge in [0.05, 0.1) is 54.4 Å². The summed E-state index contributed by atoms with van der Waals surface area (Å²) in [5.41, 5.74) is 4.99. The van der Waals surface area contributed by atoms with Gasteiger partial charge in [-0.3, -0.25) is 9.20 Å². The molecule has 2 aromatic carbocycles. The van der Waals surface area contributed by atoms with Gasteiger partial charge in [-0.2, -0.15) is 0 Å². The van der Waals surface area contributed by atoms with Gasteiger partial charge in [-0.05, 0) is 30.3 Å². The molecule has 0 spiro atoms. The maximum atomic E-state index is 12.3. The molecule has 6 rings (SSSR count). The van der Waals surface area contributed by atoms with Crippen molar-refractivity contribution in [3.05, 3.63) is 77.7 Å². The first kappa shape index (κ1) is 28.6. The Morgan fingerprint density at radius 2 is 1.77 bits per heavy atom. The molecule has 2 N–H and O–H groups in total. The van der Waals surface area contributed by atoms with Gasteiger partial charge in [0.2, 0.25) is 5.91 Å². The van der Waals surface area contributed by atoms with E-state index in [1.807, 2.05) is 40.9 Å². The molecule has 43 heavy (non-hydrogen) atoms. The Morgan fingerprint density at radius 1 is 1.02 bits per heavy atom. The van der Waals surface area contributed by atoms with Gasteiger partial charge in [0, 0.05) is 66.0 Å². The van der Waals surface area contributed by atoms with E-state index in [2.05, 4.69) is 32.1 Å². The van der Waals surface area contributed by atoms with Crippen LogP contribution in [0.3, 0.4) is 0 Å². The van der Waals surface area contributed by atoms with Gasteiger partial charge >= 0.3 is 0 Å². The van der Waals surface area contributed by atoms with Gasteiger partial charge in [-0.15, -0.1) is 0 Å². The van der Waals surface area contributed by atoms with Crippen molar-refractivity contribution in [3.8, 4) is 22.6 Å². The van der Waals surface area contributed by atoms with Gasteiger partial charge in [0.25, 0.3) is 0 Å². The number of imidazole rings is 1. The first-order chi connectivity index (χ1) is 20.9. The fraction of sp³-hybridized carbons (Fsp3) is 0.194. The highest BCUT2D eigenvalue weighted by Crippen LogP contribution is 2.47. The van der Waals surface area contributed by atoms with Crippen molar-refractivity contribution in [2.24, 2.45) is 0 Å². The smallest absolute Gasteiger partial charge is 0.247 e. The average molecular weight is 620 g/mol. The van der Waals surface area contributed by atoms with Crippen molar-refractivity contribution in [1.29, 1.82) is 0 Å². The van der Waals surface area contributed by atoms with E-state index in [-0.39, 0.29) is 5.91 Å². The predicted octanol–water partition coefficient (Wildman–Crippen LogP) is 6.58. The van der Waals surface area contributed by atoms with E-state index in [1.165, 1.54) is 20.3 Å². The van der Waals surface area contributed by atoms with Crippen LogP contribution in [0.2, 0.25) is 10.0 Å². The van der Waals surface area contributed by atoms with Crippen molar-refractivity contribution >= 4 is 68.5 Å². The molecule has 0 aliphatic carbocycles. The van der Waals surface area contributed by atoms with Crippen LogP contribution in [0.1, 0.15) is 0 Å². The van der Waals surface area contributed by atoms with E-state index in [0.717, 1.165) is 29.7 Å². The fourth-order valence-electron chi connectivity index (χ4n) is 5.15. The normalized spacial score (nSPS) is 13.3. The van der Waals surface area contributed by atoms with Crippen molar-refractivity contribution in [3.63, 3.8) is 0 Å². The third-order valence-corrected chi connectivity index (χ3v) is 8.03. The molecule has 1 aliphatic rings. The van der Waals surface area contributed by atoms with Crippen LogP contribution in [0.25, 0.3) is 27.7 Å². The number of pyridine rings is 2. The molecule has 0 atom stereocenters. The molecule has 1 saturated heterocycles. The molecule has 4 heterocycles. The lowest BCUT2D eigenvalue weighted by atomic mass is 10.0. The molecule has 0 radical (unpaired) electrons. The number of aromatic nitrogens is 3. The predicted molar refractivity (Wildman–Crippen MR) is 171 cm³/mol. The van der Waals surface area contributed by atoms with E-state index in [1.54, 1.807) is 18.5 Å². The number of carbonyl (C=O) groups excluding carboxylic acids is 1. The van der Waals surface area contributed by atoms with Crippen LogP contribution in [0.5, 0.6) is 11.5 Å². The topological polar surface area (TPSA) is 102 Å². The van der Waals surface area contributed by atoms with Crippen molar-refractivity contribution in [2.45, 2.75) is 0 Å². The second kappa shape index (κ2) is 12.0. The molecule has 0 saturated carbocycles. The van der Waals surface area contributed by atoms with Crippen LogP contribution >= 0.6 is 23.2 Å². The number of hydrogen-bond acceptors (Lipinski definition) is 8. The van der Waals surface area contributed by atoms with Crippen molar-refractivity contribution in [1.82, 2.24) is 14.4 Å². The van der Waals surface area contributed by atoms with Crippen LogP contribution in [0.15, 0.2) is 67.6 Å². The van der Waals surface area contributed by atoms with Crippen molar-refractivity contribution < 1.29 is 19.0 Å². The minimum absolute atomic E-state index is 0.312.